The maximum Gasteiger partial charge on any atom is 0.506 e. The van der Waals surface area contributed by atoms with Crippen LogP contribution in [-0.2, 0) is 9.53 Å². The Morgan fingerprint density at radius 2 is 1.91 bits per heavy atom. The van der Waals surface area contributed by atoms with E-state index in [4.69, 9.17) is 4.74 Å². The van der Waals surface area contributed by atoms with Crippen LogP contribution < -0.4 is 10.2 Å². The fourth-order valence-electron chi connectivity index (χ4n) is 7.49. The van der Waals surface area contributed by atoms with Crippen LogP contribution in [0.5, 0.6) is 0 Å². The second-order valence-electron chi connectivity index (χ2n) is 11.3. The van der Waals surface area contributed by atoms with Crippen molar-refractivity contribution in [1.82, 2.24) is 15.2 Å². The Bertz CT molecular complexity index is 891. The van der Waals surface area contributed by atoms with Gasteiger partial charge in [-0.2, -0.15) is 0 Å². The molecule has 180 valence electrons. The molecule has 33 heavy (non-hydrogen) atoms. The normalized spacial score (nSPS) is 36.0. The lowest BCUT2D eigenvalue weighted by Crippen LogP contribution is -2.68. The van der Waals surface area contributed by atoms with Crippen LogP contribution in [0.3, 0.4) is 0 Å². The number of hydrogen-bond acceptors (Lipinski definition) is 6. The highest BCUT2D eigenvalue weighted by Crippen LogP contribution is 2.57. The first-order valence-corrected chi connectivity index (χ1v) is 12.3. The molecule has 8 heteroatoms. The predicted octanol–water partition coefficient (Wildman–Crippen LogP) is 3.13. The topological polar surface area (TPSA) is 95.0 Å². The van der Waals surface area contributed by atoms with Crippen molar-refractivity contribution in [2.75, 3.05) is 24.5 Å². The van der Waals surface area contributed by atoms with Gasteiger partial charge in [0.05, 0.1) is 5.54 Å². The highest BCUT2D eigenvalue weighted by molar-refractivity contribution is 5.86. The number of nitrogens with one attached hydrogen (secondary N) is 1. The number of pyridine rings is 1. The molecule has 1 amide bonds. The van der Waals surface area contributed by atoms with E-state index in [1.165, 1.54) is 0 Å². The molecule has 2 unspecified atom stereocenters. The molecule has 1 aromatic heterocycles. The van der Waals surface area contributed by atoms with Crippen molar-refractivity contribution < 1.29 is 19.4 Å². The van der Waals surface area contributed by atoms with Gasteiger partial charge in [0.15, 0.2) is 0 Å². The Morgan fingerprint density at radius 1 is 1.18 bits per heavy atom. The lowest BCUT2D eigenvalue weighted by atomic mass is 9.52. The van der Waals surface area contributed by atoms with Crippen molar-refractivity contribution in [2.24, 2.45) is 17.8 Å². The van der Waals surface area contributed by atoms with E-state index in [1.54, 1.807) is 0 Å². The van der Waals surface area contributed by atoms with Crippen LogP contribution in [0.25, 0.3) is 0 Å². The molecule has 6 rings (SSSR count). The third-order valence-corrected chi connectivity index (χ3v) is 8.69. The first-order valence-electron chi connectivity index (χ1n) is 12.3. The van der Waals surface area contributed by atoms with Crippen LogP contribution in [-0.4, -0.2) is 69.9 Å². The number of carbonyl (C=O) groups excluding carboxylic acids is 1. The number of hydrogen-bond donors (Lipinski definition) is 2. The zero-order chi connectivity index (χ0) is 23.4. The highest BCUT2D eigenvalue weighted by atomic mass is 16.7. The second-order valence-corrected chi connectivity index (χ2v) is 11.3. The maximum atomic E-state index is 13.6. The summed E-state index contributed by atoms with van der Waals surface area (Å²) < 4.78 is 5.41. The number of nitrogens with zero attached hydrogens (tertiary/aromatic N) is 3. The van der Waals surface area contributed by atoms with Gasteiger partial charge in [-0.05, 0) is 82.8 Å². The number of aromatic nitrogens is 1. The molecular formula is C25H36N4O4. The van der Waals surface area contributed by atoms with Gasteiger partial charge in [-0.15, -0.1) is 0 Å². The summed E-state index contributed by atoms with van der Waals surface area (Å²) in [4.78, 5) is 34.0. The van der Waals surface area contributed by atoms with Gasteiger partial charge < -0.3 is 20.1 Å². The SMILES string of the molecule is C[C@H]1CN(c2ccccn2)CCN1C(C)(C)C(=O)NC1C2CC3CC1CC(OC(=O)O)(C3)C2. The Morgan fingerprint density at radius 3 is 2.52 bits per heavy atom. The molecule has 0 aromatic carbocycles. The molecule has 4 aliphatic carbocycles. The maximum absolute atomic E-state index is 13.6. The van der Waals surface area contributed by atoms with Gasteiger partial charge in [0.25, 0.3) is 0 Å². The Hall–Kier alpha value is -2.35. The molecular weight excluding hydrogens is 420 g/mol. The minimum absolute atomic E-state index is 0.0753. The van der Waals surface area contributed by atoms with Crippen LogP contribution in [0.2, 0.25) is 0 Å². The van der Waals surface area contributed by atoms with E-state index in [2.05, 4.69) is 27.0 Å². The van der Waals surface area contributed by atoms with E-state index in [0.717, 1.165) is 57.6 Å². The molecule has 3 atom stereocenters. The molecule has 0 spiro atoms. The van der Waals surface area contributed by atoms with Crippen LogP contribution in [0, 0.1) is 17.8 Å². The standard InChI is InChI=1S/C25H36N4O4/c1-16-15-28(20-6-4-5-7-26-20)8-9-29(16)24(2,3)22(30)27-21-18-10-17-11-19(21)14-25(12-17,13-18)33-23(31)32/h4-7,16-19,21H,8-15H2,1-3H3,(H,27,30)(H,31,32)/t16-,17?,18?,19?,21?,25?/m0/s1. The number of anilines is 1. The highest BCUT2D eigenvalue weighted by Gasteiger charge is 2.58. The molecule has 5 aliphatic rings. The summed E-state index contributed by atoms with van der Waals surface area (Å²) in [6.45, 7) is 8.71. The molecule has 2 heterocycles. The average molecular weight is 457 g/mol. The fourth-order valence-corrected chi connectivity index (χ4v) is 7.49. The molecule has 5 fully saturated rings. The lowest BCUT2D eigenvalue weighted by molar-refractivity contribution is -0.158. The summed E-state index contributed by atoms with van der Waals surface area (Å²) in [6.07, 6.45) is 5.08. The van der Waals surface area contributed by atoms with Crippen LogP contribution in [0.15, 0.2) is 24.4 Å². The van der Waals surface area contributed by atoms with E-state index >= 15 is 0 Å². The Labute approximate surface area is 195 Å². The average Bonchev–Trinajstić information content (AvgIpc) is 2.75. The van der Waals surface area contributed by atoms with Gasteiger partial charge in [0, 0.05) is 37.9 Å². The number of carboxylic acid groups (broad SMARTS) is 1. The van der Waals surface area contributed by atoms with Crippen molar-refractivity contribution in [2.45, 2.75) is 76.1 Å². The van der Waals surface area contributed by atoms with Crippen molar-refractivity contribution in [3.8, 4) is 0 Å². The number of amides is 1. The Kier molecular flexibility index (Phi) is 5.54. The van der Waals surface area contributed by atoms with Crippen molar-refractivity contribution in [1.29, 1.82) is 0 Å². The minimum atomic E-state index is -1.17. The van der Waals surface area contributed by atoms with E-state index < -0.39 is 17.3 Å². The summed E-state index contributed by atoms with van der Waals surface area (Å²) in [5.74, 6) is 2.17. The lowest BCUT2D eigenvalue weighted by Gasteiger charge is -2.59. The molecule has 2 N–H and O–H groups in total. The predicted molar refractivity (Wildman–Crippen MR) is 124 cm³/mol. The molecule has 1 aromatic rings. The smallest absolute Gasteiger partial charge is 0.450 e. The monoisotopic (exact) mass is 456 g/mol. The van der Waals surface area contributed by atoms with E-state index in [9.17, 15) is 14.7 Å². The molecule has 4 saturated carbocycles. The summed E-state index contributed by atoms with van der Waals surface area (Å²) in [5, 5.41) is 12.7. The summed E-state index contributed by atoms with van der Waals surface area (Å²) >= 11 is 0. The van der Waals surface area contributed by atoms with Gasteiger partial charge in [0.2, 0.25) is 5.91 Å². The van der Waals surface area contributed by atoms with Gasteiger partial charge in [-0.3, -0.25) is 9.69 Å². The fraction of sp³-hybridized carbons (Fsp3) is 0.720. The molecule has 0 radical (unpaired) electrons. The van der Waals surface area contributed by atoms with Crippen molar-refractivity contribution in [3.63, 3.8) is 0 Å². The van der Waals surface area contributed by atoms with Gasteiger partial charge >= 0.3 is 6.16 Å². The zero-order valence-corrected chi connectivity index (χ0v) is 19.9. The largest absolute Gasteiger partial charge is 0.506 e. The number of piperazine rings is 1. The molecule has 8 nitrogen and oxygen atoms in total. The van der Waals surface area contributed by atoms with E-state index in [1.807, 2.05) is 38.2 Å². The van der Waals surface area contributed by atoms with Crippen LogP contribution >= 0.6 is 0 Å². The molecule has 1 aliphatic heterocycles. The summed E-state index contributed by atoms with van der Waals surface area (Å²) in [5.41, 5.74) is -1.16. The zero-order valence-electron chi connectivity index (χ0n) is 19.9. The summed E-state index contributed by atoms with van der Waals surface area (Å²) in [7, 11) is 0. The van der Waals surface area contributed by atoms with Crippen molar-refractivity contribution in [3.05, 3.63) is 24.4 Å². The molecule has 1 saturated heterocycles. The van der Waals surface area contributed by atoms with Crippen LogP contribution in [0.4, 0.5) is 10.6 Å². The van der Waals surface area contributed by atoms with Crippen molar-refractivity contribution >= 4 is 17.9 Å². The summed E-state index contributed by atoms with van der Waals surface area (Å²) in [6, 6.07) is 6.30. The van der Waals surface area contributed by atoms with Crippen LogP contribution in [0.1, 0.15) is 52.9 Å². The third kappa shape index (κ3) is 4.07. The first-order chi connectivity index (χ1) is 15.7. The first kappa shape index (κ1) is 22.4. The number of rotatable bonds is 5. The van der Waals surface area contributed by atoms with Gasteiger partial charge in [0.1, 0.15) is 11.4 Å². The van der Waals surface area contributed by atoms with Gasteiger partial charge in [-0.25, -0.2) is 9.78 Å². The van der Waals surface area contributed by atoms with E-state index in [0.29, 0.717) is 17.8 Å². The Balaban J connectivity index is 1.24. The van der Waals surface area contributed by atoms with E-state index in [-0.39, 0.29) is 18.0 Å². The third-order valence-electron chi connectivity index (χ3n) is 8.69. The number of carbonyl (C=O) groups is 2. The minimum Gasteiger partial charge on any atom is -0.450 e. The van der Waals surface area contributed by atoms with Gasteiger partial charge in [-0.1, -0.05) is 6.07 Å². The quantitative estimate of drug-likeness (QED) is 0.657. The number of ether oxygens (including phenoxy) is 1. The second kappa shape index (κ2) is 8.15. The molecule has 4 bridgehead atoms.